The molecule has 0 atom stereocenters. The molecule has 0 aliphatic heterocycles. The number of anilines is 1. The Morgan fingerprint density at radius 3 is 2.12 bits per heavy atom. The molecule has 1 amide bonds. The van der Waals surface area contributed by atoms with Gasteiger partial charge in [-0.2, -0.15) is 0 Å². The molecule has 0 spiro atoms. The minimum atomic E-state index is -0.240. The van der Waals surface area contributed by atoms with E-state index in [2.05, 4.69) is 31.9 Å². The molecule has 0 heterocycles. The lowest BCUT2D eigenvalue weighted by atomic mass is 10.2. The average molecular weight is 332 g/mol. The monoisotopic (exact) mass is 332 g/mol. The molecule has 0 saturated carbocycles. The molecule has 1 aromatic rings. The van der Waals surface area contributed by atoms with Crippen LogP contribution in [0.5, 0.6) is 0 Å². The molecule has 0 aliphatic rings. The van der Waals surface area contributed by atoms with Crippen LogP contribution in [0.1, 0.15) is 33.3 Å². The maximum atomic E-state index is 12.5. The molecule has 134 valence electrons. The predicted molar refractivity (Wildman–Crippen MR) is 103 cm³/mol. The van der Waals surface area contributed by atoms with Crippen LogP contribution in [0.15, 0.2) is 49.4 Å². The van der Waals surface area contributed by atoms with Crippen LogP contribution in [0.2, 0.25) is 0 Å². The first kappa shape index (κ1) is 21.9. The quantitative estimate of drug-likeness (QED) is 0.497. The van der Waals surface area contributed by atoms with Crippen molar-refractivity contribution in [1.29, 1.82) is 0 Å². The summed E-state index contributed by atoms with van der Waals surface area (Å²) in [7, 11) is 0. The number of rotatable bonds is 9. The van der Waals surface area contributed by atoms with Gasteiger partial charge in [0.05, 0.1) is 6.26 Å². The lowest BCUT2D eigenvalue weighted by molar-refractivity contribution is -0.117. The van der Waals surface area contributed by atoms with Gasteiger partial charge in [-0.15, -0.1) is 0 Å². The summed E-state index contributed by atoms with van der Waals surface area (Å²) in [6.07, 6.45) is 1.22. The minimum Gasteiger partial charge on any atom is -0.460 e. The highest BCUT2D eigenvalue weighted by atomic mass is 16.5. The van der Waals surface area contributed by atoms with Gasteiger partial charge in [-0.1, -0.05) is 58.5 Å². The van der Waals surface area contributed by atoms with Crippen molar-refractivity contribution < 1.29 is 9.53 Å². The van der Waals surface area contributed by atoms with Crippen LogP contribution in [0.3, 0.4) is 0 Å². The Balaban J connectivity index is 0.00000254. The topological polar surface area (TPSA) is 32.8 Å². The normalized spacial score (nSPS) is 9.75. The number of ether oxygens (including phenoxy) is 1. The van der Waals surface area contributed by atoms with Gasteiger partial charge in [0.15, 0.2) is 5.76 Å². The predicted octanol–water partition coefficient (Wildman–Crippen LogP) is 4.37. The molecular formula is C20H32N2O2. The Kier molecular flexibility index (Phi) is 11.3. The summed E-state index contributed by atoms with van der Waals surface area (Å²) in [5, 5.41) is 0. The summed E-state index contributed by atoms with van der Waals surface area (Å²) < 4.78 is 5.05. The Morgan fingerprint density at radius 2 is 1.67 bits per heavy atom. The Labute approximate surface area is 147 Å². The van der Waals surface area contributed by atoms with Crippen LogP contribution in [0.4, 0.5) is 5.69 Å². The smallest absolute Gasteiger partial charge is 0.293 e. The van der Waals surface area contributed by atoms with Gasteiger partial charge in [-0.3, -0.25) is 4.79 Å². The highest BCUT2D eigenvalue weighted by Crippen LogP contribution is 2.17. The summed E-state index contributed by atoms with van der Waals surface area (Å²) >= 11 is 0. The summed E-state index contributed by atoms with van der Waals surface area (Å²) in [4.78, 5) is 16.5. The number of benzene rings is 1. The van der Waals surface area contributed by atoms with Crippen molar-refractivity contribution in [2.24, 2.45) is 0 Å². The van der Waals surface area contributed by atoms with E-state index < -0.39 is 0 Å². The fourth-order valence-electron chi connectivity index (χ4n) is 2.16. The van der Waals surface area contributed by atoms with E-state index in [-0.39, 0.29) is 11.7 Å². The van der Waals surface area contributed by atoms with Crippen LogP contribution in [0, 0.1) is 6.92 Å². The van der Waals surface area contributed by atoms with Gasteiger partial charge in [-0.05, 0) is 32.1 Å². The number of aryl methyl sites for hydroxylation is 1. The first-order valence-electron chi connectivity index (χ1n) is 8.60. The van der Waals surface area contributed by atoms with E-state index in [1.165, 1.54) is 6.26 Å². The van der Waals surface area contributed by atoms with Crippen molar-refractivity contribution in [3.63, 3.8) is 0 Å². The largest absolute Gasteiger partial charge is 0.460 e. The van der Waals surface area contributed by atoms with E-state index >= 15 is 0 Å². The Morgan fingerprint density at radius 1 is 1.12 bits per heavy atom. The van der Waals surface area contributed by atoms with E-state index in [0.717, 1.165) is 30.9 Å². The average Bonchev–Trinajstić information content (AvgIpc) is 2.61. The zero-order valence-electron chi connectivity index (χ0n) is 15.8. The zero-order chi connectivity index (χ0) is 18.5. The van der Waals surface area contributed by atoms with Crippen molar-refractivity contribution in [3.8, 4) is 0 Å². The molecule has 0 radical (unpaired) electrons. The van der Waals surface area contributed by atoms with Gasteiger partial charge in [-0.25, -0.2) is 0 Å². The second kappa shape index (κ2) is 12.4. The standard InChI is InChI=1S/C18H26N2O2.C2H6/c1-6-19(7-2)13-14-20(18(21)16(5)22-8-3)17-11-9-15(4)10-12-17;1-2/h8-12H,3,5-7,13-14H2,1-2,4H3;1-2H3. The van der Waals surface area contributed by atoms with Crippen LogP contribution in [-0.4, -0.2) is 37.0 Å². The number of nitrogens with zero attached hydrogens (tertiary/aromatic N) is 2. The van der Waals surface area contributed by atoms with Crippen molar-refractivity contribution in [3.05, 3.63) is 55.0 Å². The van der Waals surface area contributed by atoms with Gasteiger partial charge in [0.2, 0.25) is 0 Å². The Bertz CT molecular complexity index is 505. The number of likely N-dealkylation sites (N-methyl/N-ethyl adjacent to an activating group) is 1. The highest BCUT2D eigenvalue weighted by Gasteiger charge is 2.20. The second-order valence-electron chi connectivity index (χ2n) is 5.03. The van der Waals surface area contributed by atoms with Crippen LogP contribution in [-0.2, 0) is 9.53 Å². The summed E-state index contributed by atoms with van der Waals surface area (Å²) in [5.74, 6) is -0.161. The van der Waals surface area contributed by atoms with Crippen LogP contribution in [0.25, 0.3) is 0 Å². The van der Waals surface area contributed by atoms with Gasteiger partial charge >= 0.3 is 0 Å². The Hall–Kier alpha value is -2.07. The van der Waals surface area contributed by atoms with E-state index in [4.69, 9.17) is 4.74 Å². The first-order valence-corrected chi connectivity index (χ1v) is 8.60. The number of carbonyl (C=O) groups is 1. The molecule has 0 saturated heterocycles. The molecule has 1 rings (SSSR count). The SMILES string of the molecule is C=COC(=C)C(=O)N(CCN(CC)CC)c1ccc(C)cc1.CC. The third-order valence-corrected chi connectivity index (χ3v) is 3.59. The molecule has 4 heteroatoms. The van der Waals surface area contributed by atoms with Gasteiger partial charge in [0.25, 0.3) is 5.91 Å². The molecule has 0 aromatic heterocycles. The summed E-state index contributed by atoms with van der Waals surface area (Å²) in [6, 6.07) is 7.86. The molecule has 0 unspecified atom stereocenters. The van der Waals surface area contributed by atoms with Gasteiger partial charge in [0.1, 0.15) is 0 Å². The van der Waals surface area contributed by atoms with Crippen LogP contribution >= 0.6 is 0 Å². The number of hydrogen-bond acceptors (Lipinski definition) is 3. The van der Waals surface area contributed by atoms with Crippen molar-refractivity contribution in [2.45, 2.75) is 34.6 Å². The number of amides is 1. The molecular weight excluding hydrogens is 300 g/mol. The second-order valence-corrected chi connectivity index (χ2v) is 5.03. The lowest BCUT2D eigenvalue weighted by Gasteiger charge is -2.27. The van der Waals surface area contributed by atoms with Crippen molar-refractivity contribution in [2.75, 3.05) is 31.1 Å². The fraction of sp³-hybridized carbons (Fsp3) is 0.450. The third-order valence-electron chi connectivity index (χ3n) is 3.59. The molecule has 24 heavy (non-hydrogen) atoms. The third kappa shape index (κ3) is 7.01. The molecule has 0 N–H and O–H groups in total. The number of carbonyl (C=O) groups excluding carboxylic acids is 1. The maximum absolute atomic E-state index is 12.5. The van der Waals surface area contributed by atoms with Crippen LogP contribution < -0.4 is 4.90 Å². The van der Waals surface area contributed by atoms with Gasteiger partial charge < -0.3 is 14.5 Å². The fourth-order valence-corrected chi connectivity index (χ4v) is 2.16. The molecule has 0 aliphatic carbocycles. The van der Waals surface area contributed by atoms with E-state index in [1.807, 2.05) is 45.0 Å². The van der Waals surface area contributed by atoms with E-state index in [1.54, 1.807) is 4.90 Å². The highest BCUT2D eigenvalue weighted by molar-refractivity contribution is 6.03. The zero-order valence-corrected chi connectivity index (χ0v) is 15.8. The number of hydrogen-bond donors (Lipinski definition) is 0. The molecule has 4 nitrogen and oxygen atoms in total. The van der Waals surface area contributed by atoms with Crippen molar-refractivity contribution in [1.82, 2.24) is 4.90 Å². The maximum Gasteiger partial charge on any atom is 0.293 e. The summed E-state index contributed by atoms with van der Waals surface area (Å²) in [5.41, 5.74) is 2.00. The van der Waals surface area contributed by atoms with Gasteiger partial charge in [0, 0.05) is 18.8 Å². The van der Waals surface area contributed by atoms with E-state index in [9.17, 15) is 4.79 Å². The molecule has 0 fully saturated rings. The first-order chi connectivity index (χ1) is 11.5. The lowest BCUT2D eigenvalue weighted by Crippen LogP contribution is -2.39. The minimum absolute atomic E-state index is 0.0788. The van der Waals surface area contributed by atoms with Crippen molar-refractivity contribution >= 4 is 11.6 Å². The summed E-state index contributed by atoms with van der Waals surface area (Å²) in [6.45, 7) is 20.7. The van der Waals surface area contributed by atoms with E-state index in [0.29, 0.717) is 6.54 Å². The molecule has 1 aromatic carbocycles. The molecule has 0 bridgehead atoms.